The number of hydrogen-bond donors (Lipinski definition) is 2. The zero-order valence-corrected chi connectivity index (χ0v) is 12.0. The Morgan fingerprint density at radius 1 is 1.61 bits per heavy atom. The average Bonchev–Trinajstić information content (AvgIpc) is 2.85. The minimum atomic E-state index is -0.852. The first-order valence-corrected chi connectivity index (χ1v) is 6.98. The minimum Gasteiger partial charge on any atom is -0.481 e. The van der Waals surface area contributed by atoms with Crippen LogP contribution in [0.5, 0.6) is 0 Å². The molecule has 0 spiro atoms. The van der Waals surface area contributed by atoms with E-state index >= 15 is 0 Å². The number of amides is 2. The highest BCUT2D eigenvalue weighted by molar-refractivity contribution is 9.11. The molecule has 98 valence electrons. The Morgan fingerprint density at radius 2 is 2.33 bits per heavy atom. The van der Waals surface area contributed by atoms with Crippen molar-refractivity contribution in [2.24, 2.45) is 11.8 Å². The molecule has 2 atom stereocenters. The van der Waals surface area contributed by atoms with E-state index in [4.69, 9.17) is 5.11 Å². The number of carbonyl (C=O) groups excluding carboxylic acids is 1. The van der Waals surface area contributed by atoms with E-state index in [1.54, 1.807) is 6.20 Å². The first-order chi connectivity index (χ1) is 8.47. The second kappa shape index (κ2) is 5.23. The number of thiazole rings is 1. The van der Waals surface area contributed by atoms with Gasteiger partial charge in [0.05, 0.1) is 15.9 Å². The minimum absolute atomic E-state index is 0.0312. The van der Waals surface area contributed by atoms with Crippen LogP contribution in [0.2, 0.25) is 0 Å². The van der Waals surface area contributed by atoms with Crippen LogP contribution in [0.15, 0.2) is 9.98 Å². The van der Waals surface area contributed by atoms with Crippen LogP contribution >= 0.6 is 27.3 Å². The molecule has 0 radical (unpaired) electrons. The molecule has 1 aromatic rings. The topological polar surface area (TPSA) is 82.5 Å². The Bertz CT molecular complexity index is 479. The molecule has 2 N–H and O–H groups in total. The molecule has 2 heterocycles. The van der Waals surface area contributed by atoms with E-state index in [0.717, 1.165) is 3.79 Å². The lowest BCUT2D eigenvalue weighted by atomic mass is 9.99. The standard InChI is InChI=1S/C10H12BrN3O3S/c1-5-3-14(4-6(5)8(15)16)10(17)13-9-12-2-7(11)18-9/h2,5-6H,3-4H2,1H3,(H,15,16)(H,12,13,17)/t5-,6-/m1/s1. The van der Waals surface area contributed by atoms with Gasteiger partial charge >= 0.3 is 12.0 Å². The molecule has 0 saturated carbocycles. The zero-order chi connectivity index (χ0) is 13.3. The van der Waals surface area contributed by atoms with Gasteiger partial charge in [0.15, 0.2) is 5.13 Å². The van der Waals surface area contributed by atoms with Crippen molar-refractivity contribution in [1.29, 1.82) is 0 Å². The molecule has 2 amide bonds. The smallest absolute Gasteiger partial charge is 0.323 e. The number of carboxylic acids is 1. The fourth-order valence-electron chi connectivity index (χ4n) is 1.94. The van der Waals surface area contributed by atoms with Gasteiger partial charge in [-0.1, -0.05) is 18.3 Å². The number of hydrogen-bond acceptors (Lipinski definition) is 4. The molecular weight excluding hydrogens is 322 g/mol. The summed E-state index contributed by atoms with van der Waals surface area (Å²) in [7, 11) is 0. The average molecular weight is 334 g/mol. The molecule has 0 aliphatic carbocycles. The quantitative estimate of drug-likeness (QED) is 0.868. The number of carbonyl (C=O) groups is 2. The third kappa shape index (κ3) is 2.81. The van der Waals surface area contributed by atoms with Gasteiger partial charge < -0.3 is 10.0 Å². The first kappa shape index (κ1) is 13.3. The second-order valence-corrected chi connectivity index (χ2v) is 6.64. The zero-order valence-electron chi connectivity index (χ0n) is 9.59. The lowest BCUT2D eigenvalue weighted by Crippen LogP contribution is -2.33. The van der Waals surface area contributed by atoms with Crippen LogP contribution in [0.25, 0.3) is 0 Å². The summed E-state index contributed by atoms with van der Waals surface area (Å²) < 4.78 is 0.830. The van der Waals surface area contributed by atoms with Crippen LogP contribution in [-0.2, 0) is 4.79 Å². The van der Waals surface area contributed by atoms with Crippen molar-refractivity contribution in [3.05, 3.63) is 9.98 Å². The molecule has 2 rings (SSSR count). The summed E-state index contributed by atoms with van der Waals surface area (Å²) >= 11 is 4.57. The van der Waals surface area contributed by atoms with Crippen molar-refractivity contribution >= 4 is 44.4 Å². The van der Waals surface area contributed by atoms with Gasteiger partial charge in [0.25, 0.3) is 0 Å². The van der Waals surface area contributed by atoms with Gasteiger partial charge in [0.1, 0.15) is 0 Å². The molecule has 0 aromatic carbocycles. The van der Waals surface area contributed by atoms with E-state index in [-0.39, 0.29) is 18.5 Å². The number of anilines is 1. The number of aliphatic carboxylic acids is 1. The summed E-state index contributed by atoms with van der Waals surface area (Å²) in [6.07, 6.45) is 1.60. The number of urea groups is 1. The maximum Gasteiger partial charge on any atom is 0.323 e. The maximum absolute atomic E-state index is 11.9. The Labute approximate surface area is 116 Å². The van der Waals surface area contributed by atoms with Crippen LogP contribution in [0.4, 0.5) is 9.93 Å². The van der Waals surface area contributed by atoms with Gasteiger partial charge in [0, 0.05) is 13.1 Å². The highest BCUT2D eigenvalue weighted by Gasteiger charge is 2.37. The van der Waals surface area contributed by atoms with Crippen molar-refractivity contribution in [3.8, 4) is 0 Å². The molecule has 1 aliphatic rings. The number of carboxylic acid groups (broad SMARTS) is 1. The van der Waals surface area contributed by atoms with Crippen molar-refractivity contribution in [2.45, 2.75) is 6.92 Å². The molecular formula is C10H12BrN3O3S. The lowest BCUT2D eigenvalue weighted by Gasteiger charge is -2.15. The predicted molar refractivity (Wildman–Crippen MR) is 70.7 cm³/mol. The third-order valence-electron chi connectivity index (χ3n) is 2.91. The number of nitrogens with zero attached hydrogens (tertiary/aromatic N) is 2. The van der Waals surface area contributed by atoms with Gasteiger partial charge in [0.2, 0.25) is 0 Å². The summed E-state index contributed by atoms with van der Waals surface area (Å²) in [6.45, 7) is 2.54. The molecule has 1 aromatic heterocycles. The van der Waals surface area contributed by atoms with E-state index in [1.807, 2.05) is 6.92 Å². The van der Waals surface area contributed by atoms with Crippen molar-refractivity contribution in [3.63, 3.8) is 0 Å². The fraction of sp³-hybridized carbons (Fsp3) is 0.500. The summed E-state index contributed by atoms with van der Waals surface area (Å²) in [4.78, 5) is 28.4. The van der Waals surface area contributed by atoms with Crippen LogP contribution in [-0.4, -0.2) is 40.1 Å². The summed E-state index contributed by atoms with van der Waals surface area (Å²) in [6, 6.07) is -0.299. The number of rotatable bonds is 2. The number of aromatic nitrogens is 1. The number of nitrogens with one attached hydrogen (secondary N) is 1. The Morgan fingerprint density at radius 3 is 2.83 bits per heavy atom. The van der Waals surface area contributed by atoms with E-state index in [2.05, 4.69) is 26.2 Å². The molecule has 1 fully saturated rings. The summed E-state index contributed by atoms with van der Waals surface area (Å²) in [5.74, 6) is -1.37. The van der Waals surface area contributed by atoms with Crippen molar-refractivity contribution in [1.82, 2.24) is 9.88 Å². The van der Waals surface area contributed by atoms with Gasteiger partial charge in [-0.25, -0.2) is 9.78 Å². The molecule has 8 heteroatoms. The second-order valence-electron chi connectivity index (χ2n) is 4.23. The van der Waals surface area contributed by atoms with E-state index in [1.165, 1.54) is 16.2 Å². The van der Waals surface area contributed by atoms with Crippen molar-refractivity contribution in [2.75, 3.05) is 18.4 Å². The highest BCUT2D eigenvalue weighted by Crippen LogP contribution is 2.26. The Hall–Kier alpha value is -1.15. The van der Waals surface area contributed by atoms with Crippen molar-refractivity contribution < 1.29 is 14.7 Å². The van der Waals surface area contributed by atoms with E-state index < -0.39 is 11.9 Å². The third-order valence-corrected chi connectivity index (χ3v) is 4.30. The molecule has 0 bridgehead atoms. The number of halogens is 1. The molecule has 0 unspecified atom stereocenters. The summed E-state index contributed by atoms with van der Waals surface area (Å²) in [5, 5.41) is 12.2. The van der Waals surface area contributed by atoms with Crippen LogP contribution in [0.3, 0.4) is 0 Å². The first-order valence-electron chi connectivity index (χ1n) is 5.37. The predicted octanol–water partition coefficient (Wildman–Crippen LogP) is 2.09. The normalized spacial score (nSPS) is 23.1. The van der Waals surface area contributed by atoms with Gasteiger partial charge in [-0.05, 0) is 21.8 Å². The number of likely N-dealkylation sites (tertiary alicyclic amines) is 1. The van der Waals surface area contributed by atoms with Gasteiger partial charge in [-0.15, -0.1) is 0 Å². The molecule has 1 aliphatic heterocycles. The molecule has 6 nitrogen and oxygen atoms in total. The van der Waals surface area contributed by atoms with Crippen LogP contribution in [0.1, 0.15) is 6.92 Å². The van der Waals surface area contributed by atoms with E-state index in [9.17, 15) is 9.59 Å². The van der Waals surface area contributed by atoms with Gasteiger partial charge in [-0.3, -0.25) is 10.1 Å². The fourth-order valence-corrected chi connectivity index (χ4v) is 3.03. The monoisotopic (exact) mass is 333 g/mol. The highest BCUT2D eigenvalue weighted by atomic mass is 79.9. The van der Waals surface area contributed by atoms with Gasteiger partial charge in [-0.2, -0.15) is 0 Å². The van der Waals surface area contributed by atoms with Crippen LogP contribution < -0.4 is 5.32 Å². The summed E-state index contributed by atoms with van der Waals surface area (Å²) in [5.41, 5.74) is 0. The van der Waals surface area contributed by atoms with Crippen LogP contribution in [0, 0.1) is 11.8 Å². The molecule has 18 heavy (non-hydrogen) atoms. The Balaban J connectivity index is 1.97. The van der Waals surface area contributed by atoms with E-state index in [0.29, 0.717) is 11.7 Å². The maximum atomic E-state index is 11.9. The lowest BCUT2D eigenvalue weighted by molar-refractivity contribution is -0.142. The largest absolute Gasteiger partial charge is 0.481 e. The Kier molecular flexibility index (Phi) is 3.86. The molecule has 1 saturated heterocycles. The SMILES string of the molecule is C[C@@H]1CN(C(=O)Nc2ncc(Br)s2)C[C@H]1C(=O)O.